The van der Waals surface area contributed by atoms with Gasteiger partial charge in [-0.3, -0.25) is 0 Å². The van der Waals surface area contributed by atoms with E-state index in [0.717, 1.165) is 77.2 Å². The Morgan fingerprint density at radius 3 is 1.41 bits per heavy atom. The van der Waals surface area contributed by atoms with E-state index < -0.39 is 0 Å². The SMILES string of the molecule is c1ccc(-c2nc(-c3ccccc3)nc(-c3ccc(-c4ccc(-c5cc6c7ccccc7oc6c6oc(-c7ccccc7)nc56)c5ccccc45)cc3)n2)cc1. The summed E-state index contributed by atoms with van der Waals surface area (Å²) in [6.45, 7) is 0. The van der Waals surface area contributed by atoms with Gasteiger partial charge in [-0.05, 0) is 51.7 Å². The summed E-state index contributed by atoms with van der Waals surface area (Å²) in [6.07, 6.45) is 0. The van der Waals surface area contributed by atoms with Crippen LogP contribution in [-0.4, -0.2) is 19.9 Å². The number of fused-ring (bicyclic) bond motifs is 6. The zero-order valence-corrected chi connectivity index (χ0v) is 29.9. The van der Waals surface area contributed by atoms with Crippen LogP contribution < -0.4 is 0 Å². The second kappa shape index (κ2) is 13.0. The molecule has 11 rings (SSSR count). The molecule has 6 nitrogen and oxygen atoms in total. The van der Waals surface area contributed by atoms with Gasteiger partial charge in [0.1, 0.15) is 11.1 Å². The first kappa shape index (κ1) is 31.8. The van der Waals surface area contributed by atoms with Crippen LogP contribution in [0, 0.1) is 0 Å². The standard InChI is InChI=1S/C50H30N4O2/c1-4-14-32(15-5-1)47-52-48(33-16-6-2-7-17-33)54-49(53-47)34-26-24-31(25-27-34)36-28-29-39(38-21-11-10-20-37(36)38)41-30-42-40-22-12-13-23-43(40)55-45(42)46-44(41)51-50(56-46)35-18-8-3-9-19-35/h1-30H. The summed E-state index contributed by atoms with van der Waals surface area (Å²) >= 11 is 0. The predicted octanol–water partition coefficient (Wildman–Crippen LogP) is 13.1. The fraction of sp³-hybridized carbons (Fsp3) is 0. The zero-order chi connectivity index (χ0) is 37.0. The van der Waals surface area contributed by atoms with Gasteiger partial charge in [-0.25, -0.2) is 19.9 Å². The Morgan fingerprint density at radius 2 is 0.786 bits per heavy atom. The molecule has 0 aliphatic rings. The quantitative estimate of drug-likeness (QED) is 0.170. The summed E-state index contributed by atoms with van der Waals surface area (Å²) in [4.78, 5) is 19.8. The predicted molar refractivity (Wildman–Crippen MR) is 225 cm³/mol. The molecule has 3 aromatic heterocycles. The molecule has 3 heterocycles. The maximum absolute atomic E-state index is 6.56. The first-order valence-corrected chi connectivity index (χ1v) is 18.6. The Kier molecular flexibility index (Phi) is 7.38. The second-order valence-electron chi connectivity index (χ2n) is 13.8. The Morgan fingerprint density at radius 1 is 0.304 bits per heavy atom. The van der Waals surface area contributed by atoms with Crippen molar-refractivity contribution in [2.24, 2.45) is 0 Å². The van der Waals surface area contributed by atoms with Crippen LogP contribution in [0.4, 0.5) is 0 Å². The van der Waals surface area contributed by atoms with E-state index in [1.807, 2.05) is 109 Å². The lowest BCUT2D eigenvalue weighted by molar-refractivity contribution is 0.603. The van der Waals surface area contributed by atoms with E-state index in [-0.39, 0.29) is 0 Å². The van der Waals surface area contributed by atoms with Gasteiger partial charge in [-0.15, -0.1) is 0 Å². The maximum atomic E-state index is 6.56. The number of aromatic nitrogens is 4. The summed E-state index contributed by atoms with van der Waals surface area (Å²) in [5, 5.41) is 4.28. The molecule has 0 fully saturated rings. The van der Waals surface area contributed by atoms with E-state index in [4.69, 9.17) is 28.8 Å². The Hall–Kier alpha value is -7.70. The maximum Gasteiger partial charge on any atom is 0.227 e. The highest BCUT2D eigenvalue weighted by molar-refractivity contribution is 6.19. The monoisotopic (exact) mass is 718 g/mol. The first-order valence-electron chi connectivity index (χ1n) is 18.6. The minimum absolute atomic E-state index is 0.556. The third kappa shape index (κ3) is 5.35. The number of nitrogens with zero attached hydrogens (tertiary/aromatic N) is 4. The van der Waals surface area contributed by atoms with Crippen molar-refractivity contribution in [1.82, 2.24) is 19.9 Å². The van der Waals surface area contributed by atoms with E-state index in [0.29, 0.717) is 34.5 Å². The van der Waals surface area contributed by atoms with E-state index in [9.17, 15) is 0 Å². The molecule has 8 aromatic carbocycles. The van der Waals surface area contributed by atoms with Crippen molar-refractivity contribution in [2.45, 2.75) is 0 Å². The normalized spacial score (nSPS) is 11.6. The van der Waals surface area contributed by atoms with Crippen molar-refractivity contribution in [3.8, 4) is 67.9 Å². The summed E-state index contributed by atoms with van der Waals surface area (Å²) in [7, 11) is 0. The third-order valence-corrected chi connectivity index (χ3v) is 10.4. The fourth-order valence-corrected chi connectivity index (χ4v) is 7.68. The number of furan rings is 1. The number of hydrogen-bond acceptors (Lipinski definition) is 6. The van der Waals surface area contributed by atoms with Gasteiger partial charge in [0, 0.05) is 38.6 Å². The van der Waals surface area contributed by atoms with Crippen LogP contribution in [-0.2, 0) is 0 Å². The summed E-state index contributed by atoms with van der Waals surface area (Å²) < 4.78 is 13.0. The highest BCUT2D eigenvalue weighted by Crippen LogP contribution is 2.44. The molecule has 0 radical (unpaired) electrons. The van der Waals surface area contributed by atoms with Crippen LogP contribution in [0.5, 0.6) is 0 Å². The van der Waals surface area contributed by atoms with Crippen LogP contribution in [0.1, 0.15) is 0 Å². The molecule has 11 aromatic rings. The first-order chi connectivity index (χ1) is 27.7. The van der Waals surface area contributed by atoms with Crippen molar-refractivity contribution in [2.75, 3.05) is 0 Å². The van der Waals surface area contributed by atoms with E-state index in [1.54, 1.807) is 0 Å². The topological polar surface area (TPSA) is 77.8 Å². The summed E-state index contributed by atoms with van der Waals surface area (Å²) in [5.74, 6) is 2.46. The molecule has 0 saturated carbocycles. The van der Waals surface area contributed by atoms with Crippen molar-refractivity contribution in [3.05, 3.63) is 182 Å². The Labute approximate surface area is 321 Å². The van der Waals surface area contributed by atoms with Gasteiger partial charge in [-0.2, -0.15) is 0 Å². The van der Waals surface area contributed by atoms with Gasteiger partial charge in [-0.1, -0.05) is 158 Å². The Balaban J connectivity index is 1.04. The Bertz CT molecular complexity index is 3170. The lowest BCUT2D eigenvalue weighted by Gasteiger charge is -2.13. The van der Waals surface area contributed by atoms with Gasteiger partial charge in [0.05, 0.1) is 0 Å². The van der Waals surface area contributed by atoms with Crippen LogP contribution in [0.2, 0.25) is 0 Å². The number of hydrogen-bond donors (Lipinski definition) is 0. The molecule has 0 N–H and O–H groups in total. The number of oxazole rings is 1. The van der Waals surface area contributed by atoms with Crippen LogP contribution in [0.3, 0.4) is 0 Å². The number of para-hydroxylation sites is 1. The largest absolute Gasteiger partial charge is 0.452 e. The summed E-state index contributed by atoms with van der Waals surface area (Å²) in [5.41, 5.74) is 10.9. The molecular formula is C50H30N4O2. The van der Waals surface area contributed by atoms with E-state index >= 15 is 0 Å². The van der Waals surface area contributed by atoms with Crippen LogP contribution in [0.25, 0.3) is 112 Å². The fourth-order valence-electron chi connectivity index (χ4n) is 7.68. The highest BCUT2D eigenvalue weighted by Gasteiger charge is 2.22. The molecule has 6 heteroatoms. The number of benzene rings is 8. The third-order valence-electron chi connectivity index (χ3n) is 10.4. The van der Waals surface area contributed by atoms with Crippen molar-refractivity contribution in [3.63, 3.8) is 0 Å². The molecule has 0 saturated heterocycles. The summed E-state index contributed by atoms with van der Waals surface area (Å²) in [6, 6.07) is 61.9. The van der Waals surface area contributed by atoms with Gasteiger partial charge in [0.15, 0.2) is 28.6 Å². The van der Waals surface area contributed by atoms with Crippen LogP contribution >= 0.6 is 0 Å². The molecular weight excluding hydrogens is 689 g/mol. The van der Waals surface area contributed by atoms with Crippen molar-refractivity contribution in [1.29, 1.82) is 0 Å². The molecule has 0 amide bonds. The lowest BCUT2D eigenvalue weighted by Crippen LogP contribution is -2.00. The van der Waals surface area contributed by atoms with Crippen molar-refractivity contribution >= 4 is 43.8 Å². The zero-order valence-electron chi connectivity index (χ0n) is 29.9. The molecule has 0 atom stereocenters. The molecule has 0 spiro atoms. The molecule has 0 aliphatic heterocycles. The number of rotatable bonds is 6. The van der Waals surface area contributed by atoms with Crippen molar-refractivity contribution < 1.29 is 8.83 Å². The highest BCUT2D eigenvalue weighted by atomic mass is 16.4. The van der Waals surface area contributed by atoms with E-state index in [1.165, 1.54) is 0 Å². The van der Waals surface area contributed by atoms with Gasteiger partial charge in [0.25, 0.3) is 0 Å². The smallest absolute Gasteiger partial charge is 0.227 e. The van der Waals surface area contributed by atoms with Gasteiger partial charge < -0.3 is 8.83 Å². The molecule has 0 unspecified atom stereocenters. The van der Waals surface area contributed by atoms with E-state index in [2.05, 4.69) is 72.8 Å². The average molecular weight is 719 g/mol. The minimum atomic E-state index is 0.556. The second-order valence-corrected chi connectivity index (χ2v) is 13.8. The minimum Gasteiger partial charge on any atom is -0.452 e. The van der Waals surface area contributed by atoms with Crippen LogP contribution in [0.15, 0.2) is 191 Å². The molecule has 0 bridgehead atoms. The molecule has 262 valence electrons. The van der Waals surface area contributed by atoms with Gasteiger partial charge in [0.2, 0.25) is 5.89 Å². The average Bonchev–Trinajstić information content (AvgIpc) is 3.89. The van der Waals surface area contributed by atoms with Gasteiger partial charge >= 0.3 is 0 Å². The molecule has 56 heavy (non-hydrogen) atoms. The molecule has 0 aliphatic carbocycles. The lowest BCUT2D eigenvalue weighted by atomic mass is 9.91.